The third-order valence-electron chi connectivity index (χ3n) is 3.80. The van der Waals surface area contributed by atoms with Crippen molar-refractivity contribution in [2.45, 2.75) is 37.4 Å². The zero-order valence-electron chi connectivity index (χ0n) is 15.1. The number of carbonyl (C=O) groups excluding carboxylic acids is 1. The maximum absolute atomic E-state index is 13.4. The molecule has 11 heteroatoms. The fourth-order valence-corrected chi connectivity index (χ4v) is 4.11. The lowest BCUT2D eigenvalue weighted by molar-refractivity contribution is -0.267. The van der Waals surface area contributed by atoms with E-state index in [0.29, 0.717) is 28.2 Å². The van der Waals surface area contributed by atoms with Gasteiger partial charge in [0.15, 0.2) is 9.84 Å². The molecule has 0 aliphatic heterocycles. The number of carbonyl (C=O) groups is 1. The fourth-order valence-electron chi connectivity index (χ4n) is 2.39. The zero-order chi connectivity index (χ0) is 21.2. The Kier molecular flexibility index (Phi) is 6.51. The van der Waals surface area contributed by atoms with Crippen LogP contribution in [0.4, 0.5) is 13.2 Å². The van der Waals surface area contributed by atoms with E-state index in [9.17, 15) is 31.5 Å². The van der Waals surface area contributed by atoms with Crippen LogP contribution in [-0.4, -0.2) is 36.8 Å². The number of aryl methyl sites for hydroxylation is 1. The molecule has 1 amide bonds. The number of thiazole rings is 1. The van der Waals surface area contributed by atoms with Gasteiger partial charge in [0.1, 0.15) is 5.01 Å². The van der Waals surface area contributed by atoms with Crippen LogP contribution in [0.1, 0.15) is 28.2 Å². The third kappa shape index (κ3) is 5.76. The standard InChI is InChI=1S/C17H19F3N2O4S2/c1-11-9-27-15(22-11)16(24,17(18,19)20)7-14(23)21-8-12-3-5-13(6-4-12)10-28(2,25)26/h3-6,9,24H,7-8,10H2,1-2H3,(H,21,23). The number of halogens is 3. The highest BCUT2D eigenvalue weighted by atomic mass is 32.2. The van der Waals surface area contributed by atoms with E-state index in [2.05, 4.69) is 10.3 Å². The number of rotatable bonds is 7. The summed E-state index contributed by atoms with van der Waals surface area (Å²) in [5.74, 6) is -1.13. The van der Waals surface area contributed by atoms with Crippen LogP contribution in [0.25, 0.3) is 0 Å². The highest BCUT2D eigenvalue weighted by molar-refractivity contribution is 7.89. The molecule has 0 aliphatic rings. The van der Waals surface area contributed by atoms with Gasteiger partial charge in [-0.2, -0.15) is 13.2 Å². The van der Waals surface area contributed by atoms with Gasteiger partial charge in [-0.05, 0) is 18.1 Å². The number of aliphatic hydroxyl groups is 1. The van der Waals surface area contributed by atoms with Crippen molar-refractivity contribution in [2.24, 2.45) is 0 Å². The van der Waals surface area contributed by atoms with Crippen LogP contribution in [0.2, 0.25) is 0 Å². The van der Waals surface area contributed by atoms with E-state index in [-0.39, 0.29) is 12.3 Å². The molecule has 2 N–H and O–H groups in total. The highest BCUT2D eigenvalue weighted by Crippen LogP contribution is 2.42. The first-order valence-electron chi connectivity index (χ1n) is 8.04. The average molecular weight is 436 g/mol. The number of alkyl halides is 3. The van der Waals surface area contributed by atoms with Crippen LogP contribution in [0.3, 0.4) is 0 Å². The Morgan fingerprint density at radius 2 is 1.79 bits per heavy atom. The number of nitrogens with zero attached hydrogens (tertiary/aromatic N) is 1. The summed E-state index contributed by atoms with van der Waals surface area (Å²) in [7, 11) is -3.18. The monoisotopic (exact) mass is 436 g/mol. The van der Waals surface area contributed by atoms with Crippen molar-refractivity contribution in [2.75, 3.05) is 6.26 Å². The summed E-state index contributed by atoms with van der Waals surface area (Å²) in [6, 6.07) is 6.27. The maximum Gasteiger partial charge on any atom is 0.424 e. The van der Waals surface area contributed by atoms with Crippen molar-refractivity contribution in [3.8, 4) is 0 Å². The van der Waals surface area contributed by atoms with Gasteiger partial charge in [-0.25, -0.2) is 13.4 Å². The van der Waals surface area contributed by atoms with Gasteiger partial charge >= 0.3 is 6.18 Å². The number of nitrogens with one attached hydrogen (secondary N) is 1. The number of hydrogen-bond donors (Lipinski definition) is 2. The van der Waals surface area contributed by atoms with Crippen LogP contribution < -0.4 is 5.32 Å². The summed E-state index contributed by atoms with van der Waals surface area (Å²) in [6.45, 7) is 1.42. The lowest BCUT2D eigenvalue weighted by Crippen LogP contribution is -2.46. The van der Waals surface area contributed by atoms with Crippen LogP contribution >= 0.6 is 11.3 Å². The van der Waals surface area contributed by atoms with Gasteiger partial charge in [0.2, 0.25) is 11.5 Å². The van der Waals surface area contributed by atoms with Gasteiger partial charge in [0, 0.05) is 23.9 Å². The number of benzene rings is 1. The largest absolute Gasteiger partial charge is 0.424 e. The Bertz CT molecular complexity index is 940. The molecule has 0 radical (unpaired) electrons. The summed E-state index contributed by atoms with van der Waals surface area (Å²) >= 11 is 0.636. The maximum atomic E-state index is 13.4. The zero-order valence-corrected chi connectivity index (χ0v) is 16.7. The topological polar surface area (TPSA) is 96.4 Å². The number of aromatic nitrogens is 1. The minimum atomic E-state index is -5.07. The van der Waals surface area contributed by atoms with Gasteiger partial charge in [0.05, 0.1) is 12.2 Å². The minimum Gasteiger partial charge on any atom is -0.374 e. The Balaban J connectivity index is 2.04. The van der Waals surface area contributed by atoms with E-state index in [1.165, 1.54) is 12.3 Å². The Morgan fingerprint density at radius 3 is 2.25 bits per heavy atom. The van der Waals surface area contributed by atoms with Gasteiger partial charge < -0.3 is 10.4 Å². The molecule has 2 rings (SSSR count). The first-order chi connectivity index (χ1) is 12.8. The van der Waals surface area contributed by atoms with E-state index in [1.54, 1.807) is 24.3 Å². The molecule has 1 aromatic heterocycles. The Labute approximate surface area is 164 Å². The van der Waals surface area contributed by atoms with E-state index in [1.807, 2.05) is 0 Å². The fraction of sp³-hybridized carbons (Fsp3) is 0.412. The van der Waals surface area contributed by atoms with Gasteiger partial charge in [-0.3, -0.25) is 4.79 Å². The van der Waals surface area contributed by atoms with E-state index in [0.717, 1.165) is 6.26 Å². The second-order valence-electron chi connectivity index (χ2n) is 6.49. The first kappa shape index (κ1) is 22.3. The van der Waals surface area contributed by atoms with E-state index >= 15 is 0 Å². The molecule has 2 aromatic rings. The van der Waals surface area contributed by atoms with Crippen LogP contribution in [0.15, 0.2) is 29.6 Å². The average Bonchev–Trinajstić information content (AvgIpc) is 2.98. The molecular formula is C17H19F3N2O4S2. The Morgan fingerprint density at radius 1 is 1.21 bits per heavy atom. The van der Waals surface area contributed by atoms with E-state index in [4.69, 9.17) is 0 Å². The van der Waals surface area contributed by atoms with Crippen LogP contribution in [-0.2, 0) is 32.5 Å². The molecule has 28 heavy (non-hydrogen) atoms. The van der Waals surface area contributed by atoms with Gasteiger partial charge in [-0.15, -0.1) is 11.3 Å². The van der Waals surface area contributed by atoms with Crippen molar-refractivity contribution in [3.63, 3.8) is 0 Å². The predicted molar refractivity (Wildman–Crippen MR) is 98.3 cm³/mol. The molecular weight excluding hydrogens is 417 g/mol. The summed E-state index contributed by atoms with van der Waals surface area (Å²) < 4.78 is 62.7. The number of sulfone groups is 1. The summed E-state index contributed by atoms with van der Waals surface area (Å²) in [4.78, 5) is 15.7. The van der Waals surface area contributed by atoms with Gasteiger partial charge in [-0.1, -0.05) is 24.3 Å². The molecule has 1 unspecified atom stereocenters. The molecule has 154 valence electrons. The second-order valence-corrected chi connectivity index (χ2v) is 9.49. The van der Waals surface area contributed by atoms with Crippen LogP contribution in [0, 0.1) is 6.92 Å². The number of amides is 1. The molecule has 0 fully saturated rings. The minimum absolute atomic E-state index is 0.0666. The van der Waals surface area contributed by atoms with E-state index < -0.39 is 39.0 Å². The quantitative estimate of drug-likeness (QED) is 0.695. The second kappa shape index (κ2) is 8.18. The molecule has 1 atom stereocenters. The molecule has 1 heterocycles. The lowest BCUT2D eigenvalue weighted by Gasteiger charge is -2.27. The lowest BCUT2D eigenvalue weighted by atomic mass is 9.99. The predicted octanol–water partition coefficient (Wildman–Crippen LogP) is 2.45. The molecule has 0 bridgehead atoms. The molecule has 1 aromatic carbocycles. The summed E-state index contributed by atoms with van der Waals surface area (Å²) in [5, 5.41) is 13.3. The first-order valence-corrected chi connectivity index (χ1v) is 11.0. The summed E-state index contributed by atoms with van der Waals surface area (Å²) in [5.41, 5.74) is -1.92. The highest BCUT2D eigenvalue weighted by Gasteiger charge is 2.58. The van der Waals surface area contributed by atoms with Crippen molar-refractivity contribution in [1.82, 2.24) is 10.3 Å². The van der Waals surface area contributed by atoms with Crippen molar-refractivity contribution >= 4 is 27.1 Å². The summed E-state index contributed by atoms with van der Waals surface area (Å²) in [6.07, 6.45) is -5.18. The smallest absolute Gasteiger partial charge is 0.374 e. The van der Waals surface area contributed by atoms with Crippen molar-refractivity contribution < 1.29 is 31.5 Å². The molecule has 0 aliphatic carbocycles. The molecule has 0 spiro atoms. The molecule has 6 nitrogen and oxygen atoms in total. The van der Waals surface area contributed by atoms with Gasteiger partial charge in [0.25, 0.3) is 0 Å². The molecule has 0 saturated heterocycles. The third-order valence-corrected chi connectivity index (χ3v) is 5.77. The Hall–Kier alpha value is -1.98. The SMILES string of the molecule is Cc1csc(C(O)(CC(=O)NCc2ccc(CS(C)(=O)=O)cc2)C(F)(F)F)n1. The van der Waals surface area contributed by atoms with Crippen LogP contribution in [0.5, 0.6) is 0 Å². The van der Waals surface area contributed by atoms with Crippen molar-refractivity contribution in [3.05, 3.63) is 51.5 Å². The molecule has 0 saturated carbocycles. The normalized spacial score (nSPS) is 14.5. The number of hydrogen-bond acceptors (Lipinski definition) is 6. The van der Waals surface area contributed by atoms with Crippen molar-refractivity contribution in [1.29, 1.82) is 0 Å².